The lowest BCUT2D eigenvalue weighted by Crippen LogP contribution is -2.45. The molecule has 0 aromatic heterocycles. The molecule has 1 saturated heterocycles. The van der Waals surface area contributed by atoms with Crippen LogP contribution in [0.3, 0.4) is 0 Å². The minimum Gasteiger partial charge on any atom is -0.378 e. The topological polar surface area (TPSA) is 50.8 Å². The third-order valence-corrected chi connectivity index (χ3v) is 4.44. The quantitative estimate of drug-likeness (QED) is 0.685. The van der Waals surface area contributed by atoms with E-state index >= 15 is 0 Å². The Morgan fingerprint density at radius 3 is 2.50 bits per heavy atom. The number of guanidine groups is 1. The maximum absolute atomic E-state index is 6.08. The van der Waals surface area contributed by atoms with Crippen molar-refractivity contribution in [3.05, 3.63) is 34.9 Å². The summed E-state index contributed by atoms with van der Waals surface area (Å²) in [5.74, 6) is 0.647. The van der Waals surface area contributed by atoms with E-state index in [1.54, 1.807) is 0 Å². The molecule has 0 radical (unpaired) electrons. The summed E-state index contributed by atoms with van der Waals surface area (Å²) in [7, 11) is 0. The fourth-order valence-electron chi connectivity index (χ4n) is 2.62. The number of morpholine rings is 1. The van der Waals surface area contributed by atoms with Gasteiger partial charge in [-0.3, -0.25) is 4.99 Å². The summed E-state index contributed by atoms with van der Waals surface area (Å²) in [6.45, 7) is 3.90. The molecule has 1 saturated carbocycles. The van der Waals surface area contributed by atoms with Gasteiger partial charge >= 0.3 is 0 Å². The van der Waals surface area contributed by atoms with Gasteiger partial charge in [0.2, 0.25) is 0 Å². The zero-order chi connectivity index (χ0) is 14.0. The summed E-state index contributed by atoms with van der Waals surface area (Å²) >= 11 is 5.95. The number of hydrogen-bond acceptors (Lipinski definition) is 2. The molecule has 3 rings (SSSR count). The molecule has 108 valence electrons. The van der Waals surface area contributed by atoms with Gasteiger partial charge in [-0.1, -0.05) is 23.7 Å². The molecule has 1 aromatic carbocycles. The zero-order valence-electron chi connectivity index (χ0n) is 11.5. The van der Waals surface area contributed by atoms with Gasteiger partial charge in [0.25, 0.3) is 0 Å². The van der Waals surface area contributed by atoms with Crippen LogP contribution in [0.15, 0.2) is 29.3 Å². The second kappa shape index (κ2) is 5.62. The summed E-state index contributed by atoms with van der Waals surface area (Å²) in [5.41, 5.74) is 7.59. The molecule has 0 atom stereocenters. The standard InChI is InChI=1S/C15H20ClN3O/c16-13-3-1-12(2-4-13)15(5-6-15)11-18-14(17)19-7-9-20-10-8-19/h1-4H,5-11H2,(H2,17,18). The molecule has 1 aliphatic heterocycles. The van der Waals surface area contributed by atoms with E-state index in [1.807, 2.05) is 12.1 Å². The average molecular weight is 294 g/mol. The first kappa shape index (κ1) is 13.7. The summed E-state index contributed by atoms with van der Waals surface area (Å²) < 4.78 is 5.32. The molecule has 1 heterocycles. The lowest BCUT2D eigenvalue weighted by atomic mass is 9.96. The van der Waals surface area contributed by atoms with Gasteiger partial charge in [0, 0.05) is 23.5 Å². The van der Waals surface area contributed by atoms with Crippen molar-refractivity contribution in [2.45, 2.75) is 18.3 Å². The van der Waals surface area contributed by atoms with Crippen LogP contribution in [0.2, 0.25) is 5.02 Å². The molecule has 2 fully saturated rings. The van der Waals surface area contributed by atoms with Crippen molar-refractivity contribution < 1.29 is 4.74 Å². The van der Waals surface area contributed by atoms with E-state index in [4.69, 9.17) is 22.1 Å². The van der Waals surface area contributed by atoms with E-state index in [9.17, 15) is 0 Å². The van der Waals surface area contributed by atoms with E-state index in [0.29, 0.717) is 5.96 Å². The van der Waals surface area contributed by atoms with Crippen molar-refractivity contribution >= 4 is 17.6 Å². The molecule has 0 unspecified atom stereocenters. The summed E-state index contributed by atoms with van der Waals surface area (Å²) in [4.78, 5) is 6.71. The highest BCUT2D eigenvalue weighted by Crippen LogP contribution is 2.48. The molecule has 2 aliphatic rings. The second-order valence-corrected chi connectivity index (χ2v) is 6.00. The monoisotopic (exact) mass is 293 g/mol. The normalized spacial score (nSPS) is 21.9. The van der Waals surface area contributed by atoms with Gasteiger partial charge < -0.3 is 15.4 Å². The van der Waals surface area contributed by atoms with Crippen LogP contribution in [0.25, 0.3) is 0 Å². The number of hydrogen-bond donors (Lipinski definition) is 1. The molecule has 0 spiro atoms. The fourth-order valence-corrected chi connectivity index (χ4v) is 2.74. The van der Waals surface area contributed by atoms with E-state index < -0.39 is 0 Å². The van der Waals surface area contributed by atoms with Crippen LogP contribution < -0.4 is 5.73 Å². The Morgan fingerprint density at radius 1 is 1.25 bits per heavy atom. The van der Waals surface area contributed by atoms with Crippen LogP contribution in [-0.2, 0) is 10.2 Å². The molecule has 20 heavy (non-hydrogen) atoms. The Morgan fingerprint density at radius 2 is 1.90 bits per heavy atom. The SMILES string of the molecule is NC(=NCC1(c2ccc(Cl)cc2)CC1)N1CCOCC1. The second-order valence-electron chi connectivity index (χ2n) is 5.56. The predicted octanol–water partition coefficient (Wildman–Crippen LogP) is 2.02. The number of benzene rings is 1. The van der Waals surface area contributed by atoms with Gasteiger partial charge in [0.05, 0.1) is 19.8 Å². The average Bonchev–Trinajstić information content (AvgIpc) is 3.27. The highest BCUT2D eigenvalue weighted by atomic mass is 35.5. The van der Waals surface area contributed by atoms with Gasteiger partial charge in [0.1, 0.15) is 0 Å². The summed E-state index contributed by atoms with van der Waals surface area (Å²) in [6, 6.07) is 8.11. The maximum atomic E-state index is 6.08. The number of nitrogens with two attached hydrogens (primary N) is 1. The minimum absolute atomic E-state index is 0.182. The lowest BCUT2D eigenvalue weighted by Gasteiger charge is -2.28. The number of nitrogens with zero attached hydrogens (tertiary/aromatic N) is 2. The van der Waals surface area contributed by atoms with Crippen molar-refractivity contribution in [3.63, 3.8) is 0 Å². The van der Waals surface area contributed by atoms with Crippen LogP contribution in [-0.4, -0.2) is 43.7 Å². The molecular weight excluding hydrogens is 274 g/mol. The van der Waals surface area contributed by atoms with E-state index in [0.717, 1.165) is 37.9 Å². The smallest absolute Gasteiger partial charge is 0.191 e. The molecular formula is C15H20ClN3O. The van der Waals surface area contributed by atoms with E-state index in [-0.39, 0.29) is 5.41 Å². The highest BCUT2D eigenvalue weighted by Gasteiger charge is 2.44. The number of halogens is 1. The Labute approximate surface area is 124 Å². The number of ether oxygens (including phenoxy) is 1. The Hall–Kier alpha value is -1.26. The van der Waals surface area contributed by atoms with E-state index in [2.05, 4.69) is 22.0 Å². The summed E-state index contributed by atoms with van der Waals surface area (Å²) in [5, 5.41) is 0.779. The molecule has 1 aromatic rings. The number of rotatable bonds is 3. The zero-order valence-corrected chi connectivity index (χ0v) is 12.3. The largest absolute Gasteiger partial charge is 0.378 e. The van der Waals surface area contributed by atoms with Crippen LogP contribution in [0.1, 0.15) is 18.4 Å². The van der Waals surface area contributed by atoms with Gasteiger partial charge in [-0.15, -0.1) is 0 Å². The van der Waals surface area contributed by atoms with Crippen molar-refractivity contribution in [2.24, 2.45) is 10.7 Å². The van der Waals surface area contributed by atoms with Crippen molar-refractivity contribution in [1.29, 1.82) is 0 Å². The van der Waals surface area contributed by atoms with E-state index in [1.165, 1.54) is 18.4 Å². The molecule has 0 amide bonds. The van der Waals surface area contributed by atoms with Crippen molar-refractivity contribution in [1.82, 2.24) is 4.90 Å². The first-order valence-electron chi connectivity index (χ1n) is 7.08. The fraction of sp³-hybridized carbons (Fsp3) is 0.533. The molecule has 0 bridgehead atoms. The third kappa shape index (κ3) is 2.91. The number of aliphatic imine (C=N–C) groups is 1. The Kier molecular flexibility index (Phi) is 3.85. The van der Waals surface area contributed by atoms with Crippen molar-refractivity contribution in [3.8, 4) is 0 Å². The molecule has 2 N–H and O–H groups in total. The minimum atomic E-state index is 0.182. The van der Waals surface area contributed by atoms with Gasteiger partial charge in [0.15, 0.2) is 5.96 Å². The Bertz CT molecular complexity index is 490. The van der Waals surface area contributed by atoms with Crippen molar-refractivity contribution in [2.75, 3.05) is 32.8 Å². The summed E-state index contributed by atoms with van der Waals surface area (Å²) in [6.07, 6.45) is 2.35. The molecule has 1 aliphatic carbocycles. The lowest BCUT2D eigenvalue weighted by molar-refractivity contribution is 0.0674. The van der Waals surface area contributed by atoms with Crippen LogP contribution in [0, 0.1) is 0 Å². The maximum Gasteiger partial charge on any atom is 0.191 e. The van der Waals surface area contributed by atoms with Crippen LogP contribution >= 0.6 is 11.6 Å². The Balaban J connectivity index is 1.66. The van der Waals surface area contributed by atoms with Crippen LogP contribution in [0.5, 0.6) is 0 Å². The predicted molar refractivity (Wildman–Crippen MR) is 81.2 cm³/mol. The first-order chi connectivity index (χ1) is 9.70. The molecule has 5 heteroatoms. The van der Waals surface area contributed by atoms with Gasteiger partial charge in [-0.25, -0.2) is 0 Å². The molecule has 4 nitrogen and oxygen atoms in total. The first-order valence-corrected chi connectivity index (χ1v) is 7.46. The van der Waals surface area contributed by atoms with Gasteiger partial charge in [-0.2, -0.15) is 0 Å². The highest BCUT2D eigenvalue weighted by molar-refractivity contribution is 6.30. The van der Waals surface area contributed by atoms with Gasteiger partial charge in [-0.05, 0) is 30.5 Å². The van der Waals surface area contributed by atoms with Crippen LogP contribution in [0.4, 0.5) is 0 Å². The third-order valence-electron chi connectivity index (χ3n) is 4.19.